The number of benzene rings is 2. The number of piperazine rings is 1. The van der Waals surface area contributed by atoms with E-state index in [1.807, 2.05) is 36.4 Å². The third kappa shape index (κ3) is 5.03. The van der Waals surface area contributed by atoms with Gasteiger partial charge in [0.1, 0.15) is 11.6 Å². The molecule has 1 saturated heterocycles. The maximum absolute atomic E-state index is 14.1. The smallest absolute Gasteiger partial charge is 0.410 e. The van der Waals surface area contributed by atoms with Gasteiger partial charge in [-0.1, -0.05) is 60.7 Å². The van der Waals surface area contributed by atoms with Gasteiger partial charge in [-0.2, -0.15) is 18.3 Å². The highest BCUT2D eigenvalue weighted by Gasteiger charge is 2.48. The zero-order valence-corrected chi connectivity index (χ0v) is 23.0. The molecule has 4 aromatic rings. The van der Waals surface area contributed by atoms with Crippen LogP contribution in [0.3, 0.4) is 0 Å². The van der Waals surface area contributed by atoms with Gasteiger partial charge >= 0.3 is 6.18 Å². The second kappa shape index (κ2) is 10.8. The zero-order valence-electron chi connectivity index (χ0n) is 21.4. The van der Waals surface area contributed by atoms with Crippen LogP contribution in [0.5, 0.6) is 0 Å². The molecule has 2 unspecified atom stereocenters. The van der Waals surface area contributed by atoms with Crippen molar-refractivity contribution in [1.82, 2.24) is 19.6 Å². The summed E-state index contributed by atoms with van der Waals surface area (Å²) in [5, 5.41) is 7.28. The number of nitrogens with one attached hydrogen (secondary N) is 1. The first kappa shape index (κ1) is 26.6. The maximum Gasteiger partial charge on any atom is 0.410 e. The molecule has 2 aliphatic heterocycles. The standard InChI is InChI=1S/C29H27BrF3N5O2/c30-24-25(35-38-23(29(31,32)33)18-21(34-27(24)38)22-12-7-17-40-22)28(39)37-15-13-36(14-16-37)26(19-8-3-1-4-9-19)20-10-5-2-6-11-20/h1-12,17,21,23,26,34H,13-16,18H2. The number of hydrogen-bond acceptors (Lipinski definition) is 5. The molecular formula is C29H27BrF3N5O2. The van der Waals surface area contributed by atoms with E-state index in [1.165, 1.54) is 6.26 Å². The van der Waals surface area contributed by atoms with Crippen LogP contribution in [-0.4, -0.2) is 57.8 Å². The fourth-order valence-corrected chi connectivity index (χ4v) is 6.16. The second-order valence-electron chi connectivity index (χ2n) is 10.0. The summed E-state index contributed by atoms with van der Waals surface area (Å²) in [6.07, 6.45) is -3.43. The summed E-state index contributed by atoms with van der Waals surface area (Å²) < 4.78 is 48.8. The van der Waals surface area contributed by atoms with Crippen LogP contribution in [0.1, 0.15) is 51.9 Å². The number of amides is 1. The Kier molecular flexibility index (Phi) is 7.18. The van der Waals surface area contributed by atoms with E-state index in [0.717, 1.165) is 15.8 Å². The highest BCUT2D eigenvalue weighted by molar-refractivity contribution is 9.10. The normalized spacial score (nSPS) is 19.9. The molecule has 2 aliphatic rings. The van der Waals surface area contributed by atoms with Crippen molar-refractivity contribution in [2.75, 3.05) is 31.5 Å². The van der Waals surface area contributed by atoms with E-state index in [0.29, 0.717) is 31.9 Å². The molecule has 11 heteroatoms. The van der Waals surface area contributed by atoms with Gasteiger partial charge in [0.25, 0.3) is 5.91 Å². The predicted octanol–water partition coefficient (Wildman–Crippen LogP) is 6.45. The van der Waals surface area contributed by atoms with Crippen molar-refractivity contribution >= 4 is 27.7 Å². The third-order valence-corrected chi connectivity index (χ3v) is 8.33. The number of carbonyl (C=O) groups excluding carboxylic acids is 1. The van der Waals surface area contributed by atoms with Crippen LogP contribution in [0.25, 0.3) is 0 Å². The highest BCUT2D eigenvalue weighted by Crippen LogP contribution is 2.46. The average Bonchev–Trinajstić information content (AvgIpc) is 3.62. The summed E-state index contributed by atoms with van der Waals surface area (Å²) in [5.74, 6) is 0.107. The Hall–Kier alpha value is -3.57. The molecule has 0 bridgehead atoms. The van der Waals surface area contributed by atoms with Gasteiger partial charge in [-0.05, 0) is 39.2 Å². The fourth-order valence-electron chi connectivity index (χ4n) is 5.62. The van der Waals surface area contributed by atoms with Crippen LogP contribution in [-0.2, 0) is 0 Å². The van der Waals surface area contributed by atoms with Crippen molar-refractivity contribution in [3.63, 3.8) is 0 Å². The van der Waals surface area contributed by atoms with E-state index >= 15 is 0 Å². The lowest BCUT2D eigenvalue weighted by Crippen LogP contribution is -2.50. The number of anilines is 1. The lowest BCUT2D eigenvalue weighted by molar-refractivity contribution is -0.174. The number of halogens is 4. The van der Waals surface area contributed by atoms with E-state index in [4.69, 9.17) is 4.42 Å². The van der Waals surface area contributed by atoms with Gasteiger partial charge in [-0.25, -0.2) is 4.68 Å². The molecule has 2 aromatic carbocycles. The topological polar surface area (TPSA) is 66.5 Å². The monoisotopic (exact) mass is 613 g/mol. The zero-order chi connectivity index (χ0) is 27.9. The van der Waals surface area contributed by atoms with E-state index in [9.17, 15) is 18.0 Å². The van der Waals surface area contributed by atoms with Gasteiger partial charge in [0.2, 0.25) is 0 Å². The SMILES string of the molecule is O=C(c1nn2c(c1Br)NC(c1ccco1)CC2C(F)(F)F)N1CCN(C(c2ccccc2)c2ccccc2)CC1. The minimum atomic E-state index is -4.55. The Balaban J connectivity index is 1.23. The Labute approximate surface area is 237 Å². The summed E-state index contributed by atoms with van der Waals surface area (Å²) in [6.45, 7) is 2.06. The van der Waals surface area contributed by atoms with Crippen molar-refractivity contribution < 1.29 is 22.4 Å². The number of alkyl halides is 3. The number of hydrogen-bond donors (Lipinski definition) is 1. The summed E-state index contributed by atoms with van der Waals surface area (Å²) in [4.78, 5) is 17.6. The lowest BCUT2D eigenvalue weighted by atomic mass is 9.96. The van der Waals surface area contributed by atoms with Gasteiger partial charge in [0, 0.05) is 32.6 Å². The summed E-state index contributed by atoms with van der Waals surface area (Å²) >= 11 is 3.38. The van der Waals surface area contributed by atoms with E-state index in [-0.39, 0.29) is 28.4 Å². The van der Waals surface area contributed by atoms with Gasteiger partial charge in [0.15, 0.2) is 11.7 Å². The average molecular weight is 614 g/mol. The lowest BCUT2D eigenvalue weighted by Gasteiger charge is -2.39. The van der Waals surface area contributed by atoms with Crippen molar-refractivity contribution in [3.05, 3.63) is 106 Å². The first-order chi connectivity index (χ1) is 19.3. The van der Waals surface area contributed by atoms with Crippen LogP contribution in [0.2, 0.25) is 0 Å². The van der Waals surface area contributed by atoms with Crippen molar-refractivity contribution in [3.8, 4) is 0 Å². The van der Waals surface area contributed by atoms with Crippen molar-refractivity contribution in [2.45, 2.75) is 30.7 Å². The number of rotatable bonds is 5. The number of nitrogens with zero attached hydrogens (tertiary/aromatic N) is 4. The third-order valence-electron chi connectivity index (χ3n) is 7.58. The summed E-state index contributed by atoms with van der Waals surface area (Å²) in [6, 6.07) is 21.1. The van der Waals surface area contributed by atoms with Crippen molar-refractivity contribution in [1.29, 1.82) is 0 Å². The molecule has 0 saturated carbocycles. The van der Waals surface area contributed by atoms with Crippen LogP contribution in [0.15, 0.2) is 87.9 Å². The Morgan fingerprint density at radius 2 is 1.57 bits per heavy atom. The molecule has 6 rings (SSSR count). The minimum Gasteiger partial charge on any atom is -0.467 e. The van der Waals surface area contributed by atoms with E-state index in [2.05, 4.69) is 55.5 Å². The fraction of sp³-hybridized carbons (Fsp3) is 0.310. The Morgan fingerprint density at radius 3 is 2.12 bits per heavy atom. The molecule has 1 fully saturated rings. The molecule has 2 aromatic heterocycles. The Bertz CT molecular complexity index is 1410. The Morgan fingerprint density at radius 1 is 0.950 bits per heavy atom. The molecule has 40 heavy (non-hydrogen) atoms. The van der Waals surface area contributed by atoms with Gasteiger partial charge in [-0.15, -0.1) is 0 Å². The first-order valence-corrected chi connectivity index (χ1v) is 13.9. The van der Waals surface area contributed by atoms with Crippen LogP contribution in [0, 0.1) is 0 Å². The molecule has 2 atom stereocenters. The summed E-state index contributed by atoms with van der Waals surface area (Å²) in [5.41, 5.74) is 2.29. The highest BCUT2D eigenvalue weighted by atomic mass is 79.9. The van der Waals surface area contributed by atoms with E-state index in [1.54, 1.807) is 17.0 Å². The molecule has 1 N–H and O–H groups in total. The molecule has 0 spiro atoms. The predicted molar refractivity (Wildman–Crippen MR) is 147 cm³/mol. The number of furan rings is 1. The number of carbonyl (C=O) groups is 1. The molecule has 1 amide bonds. The largest absolute Gasteiger partial charge is 0.467 e. The van der Waals surface area contributed by atoms with Gasteiger partial charge < -0.3 is 14.6 Å². The van der Waals surface area contributed by atoms with Crippen LogP contribution in [0.4, 0.5) is 19.0 Å². The molecule has 0 radical (unpaired) electrons. The van der Waals surface area contributed by atoms with Crippen LogP contribution < -0.4 is 5.32 Å². The second-order valence-corrected chi connectivity index (χ2v) is 10.8. The van der Waals surface area contributed by atoms with Crippen LogP contribution >= 0.6 is 15.9 Å². The maximum atomic E-state index is 14.1. The van der Waals surface area contributed by atoms with E-state index < -0.39 is 24.2 Å². The van der Waals surface area contributed by atoms with Gasteiger partial charge in [-0.3, -0.25) is 9.69 Å². The molecule has 208 valence electrons. The number of fused-ring (bicyclic) bond motifs is 1. The summed E-state index contributed by atoms with van der Waals surface area (Å²) in [7, 11) is 0. The first-order valence-electron chi connectivity index (χ1n) is 13.1. The van der Waals surface area contributed by atoms with Gasteiger partial charge in [0.05, 0.1) is 22.8 Å². The quantitative estimate of drug-likeness (QED) is 0.280. The minimum absolute atomic E-state index is 0.0292. The van der Waals surface area contributed by atoms with Crippen molar-refractivity contribution in [2.24, 2.45) is 0 Å². The molecule has 7 nitrogen and oxygen atoms in total. The molecule has 0 aliphatic carbocycles. The number of aromatic nitrogens is 2. The molecular weight excluding hydrogens is 587 g/mol. The molecule has 4 heterocycles.